The molecule has 0 fully saturated rings. The summed E-state index contributed by atoms with van der Waals surface area (Å²) in [5, 5.41) is 4.28. The summed E-state index contributed by atoms with van der Waals surface area (Å²) in [4.78, 5) is 16.5. The molecule has 4 aromatic rings. The van der Waals surface area contributed by atoms with Gasteiger partial charge in [-0.2, -0.15) is 5.10 Å². The van der Waals surface area contributed by atoms with Crippen LogP contribution in [0.25, 0.3) is 16.9 Å². The molecule has 118 valence electrons. The zero-order valence-electron chi connectivity index (χ0n) is 12.6. The number of pyridine rings is 1. The van der Waals surface area contributed by atoms with Crippen LogP contribution < -0.4 is 5.56 Å². The Kier molecular flexibility index (Phi) is 3.42. The molecule has 0 aliphatic heterocycles. The molecule has 0 aliphatic carbocycles. The van der Waals surface area contributed by atoms with Crippen molar-refractivity contribution in [1.82, 2.24) is 19.2 Å². The molecule has 0 bridgehead atoms. The lowest BCUT2D eigenvalue weighted by Crippen LogP contribution is -2.23. The molecule has 3 aromatic heterocycles. The van der Waals surface area contributed by atoms with Crippen LogP contribution in [-0.2, 0) is 6.54 Å². The Morgan fingerprint density at radius 3 is 2.67 bits per heavy atom. The van der Waals surface area contributed by atoms with Gasteiger partial charge in [0.05, 0.1) is 17.9 Å². The summed E-state index contributed by atoms with van der Waals surface area (Å²) in [6.45, 7) is 0.225. The highest BCUT2D eigenvalue weighted by molar-refractivity contribution is 5.58. The van der Waals surface area contributed by atoms with Crippen molar-refractivity contribution in [1.29, 1.82) is 0 Å². The molecule has 1 aromatic carbocycles. The van der Waals surface area contributed by atoms with E-state index in [-0.39, 0.29) is 17.9 Å². The predicted molar refractivity (Wildman–Crippen MR) is 88.2 cm³/mol. The Hall–Kier alpha value is -3.28. The maximum absolute atomic E-state index is 13.9. The van der Waals surface area contributed by atoms with Crippen LogP contribution in [0.4, 0.5) is 4.39 Å². The minimum atomic E-state index is -0.372. The molecule has 0 amide bonds. The van der Waals surface area contributed by atoms with Crippen molar-refractivity contribution in [2.75, 3.05) is 0 Å². The lowest BCUT2D eigenvalue weighted by Gasteiger charge is -2.06. The topological polar surface area (TPSA) is 52.2 Å². The van der Waals surface area contributed by atoms with E-state index in [1.54, 1.807) is 18.2 Å². The van der Waals surface area contributed by atoms with Gasteiger partial charge in [0.15, 0.2) is 0 Å². The summed E-state index contributed by atoms with van der Waals surface area (Å²) < 4.78 is 17.1. The number of fused-ring (bicyclic) bond motifs is 1. The van der Waals surface area contributed by atoms with Crippen molar-refractivity contribution in [2.24, 2.45) is 0 Å². The van der Waals surface area contributed by atoms with Gasteiger partial charge in [-0.05, 0) is 30.3 Å². The predicted octanol–water partition coefficient (Wildman–Crippen LogP) is 2.75. The quantitative estimate of drug-likeness (QED) is 0.583. The first-order chi connectivity index (χ1) is 11.7. The average molecular weight is 320 g/mol. The number of aromatic nitrogens is 4. The van der Waals surface area contributed by atoms with Crippen molar-refractivity contribution in [2.45, 2.75) is 6.54 Å². The van der Waals surface area contributed by atoms with Gasteiger partial charge in [0, 0.05) is 24.0 Å². The van der Waals surface area contributed by atoms with Gasteiger partial charge >= 0.3 is 0 Å². The highest BCUT2D eigenvalue weighted by Gasteiger charge is 2.09. The monoisotopic (exact) mass is 320 g/mol. The summed E-state index contributed by atoms with van der Waals surface area (Å²) >= 11 is 0. The maximum atomic E-state index is 13.9. The van der Waals surface area contributed by atoms with Crippen LogP contribution in [0.15, 0.2) is 71.8 Å². The van der Waals surface area contributed by atoms with Gasteiger partial charge in [0.2, 0.25) is 0 Å². The zero-order valence-corrected chi connectivity index (χ0v) is 12.6. The smallest absolute Gasteiger partial charge is 0.267 e. The van der Waals surface area contributed by atoms with Gasteiger partial charge in [-0.25, -0.2) is 14.1 Å². The molecule has 4 rings (SSSR count). The van der Waals surface area contributed by atoms with Gasteiger partial charge in [-0.15, -0.1) is 0 Å². The summed E-state index contributed by atoms with van der Waals surface area (Å²) in [7, 11) is 0. The zero-order chi connectivity index (χ0) is 16.5. The van der Waals surface area contributed by atoms with E-state index >= 15 is 0 Å². The number of hydrogen-bond acceptors (Lipinski definition) is 3. The minimum absolute atomic E-state index is 0.225. The van der Waals surface area contributed by atoms with Crippen molar-refractivity contribution >= 4 is 5.65 Å². The third-order valence-corrected chi connectivity index (χ3v) is 3.74. The van der Waals surface area contributed by atoms with E-state index < -0.39 is 0 Å². The molecule has 5 nitrogen and oxygen atoms in total. The van der Waals surface area contributed by atoms with E-state index in [2.05, 4.69) is 10.1 Å². The minimum Gasteiger partial charge on any atom is -0.307 e. The Morgan fingerprint density at radius 2 is 1.83 bits per heavy atom. The molecular weight excluding hydrogens is 307 g/mol. The van der Waals surface area contributed by atoms with E-state index in [9.17, 15) is 9.18 Å². The Morgan fingerprint density at radius 1 is 1.00 bits per heavy atom. The molecule has 0 spiro atoms. The Balaban J connectivity index is 1.74. The molecular formula is C18H13FN4O. The number of imidazole rings is 1. The summed E-state index contributed by atoms with van der Waals surface area (Å²) in [6.07, 6.45) is 3.73. The van der Waals surface area contributed by atoms with Crippen LogP contribution in [-0.4, -0.2) is 19.2 Å². The highest BCUT2D eigenvalue weighted by Crippen LogP contribution is 2.19. The fraction of sp³-hybridized carbons (Fsp3) is 0.0556. The second kappa shape index (κ2) is 5.73. The van der Waals surface area contributed by atoms with E-state index in [1.165, 1.54) is 22.9 Å². The number of halogens is 1. The second-order valence-electron chi connectivity index (χ2n) is 5.39. The number of nitrogens with zero attached hydrogens (tertiary/aromatic N) is 4. The molecule has 6 heteroatoms. The summed E-state index contributed by atoms with van der Waals surface area (Å²) in [5.74, 6) is -0.372. The molecule has 0 aliphatic rings. The first-order valence-electron chi connectivity index (χ1n) is 7.46. The number of rotatable bonds is 3. The van der Waals surface area contributed by atoms with E-state index in [0.29, 0.717) is 17.0 Å². The largest absolute Gasteiger partial charge is 0.307 e. The molecule has 0 saturated heterocycles. The summed E-state index contributed by atoms with van der Waals surface area (Å²) in [6, 6.07) is 15.0. The SMILES string of the molecule is O=c1ccc(-c2ccccc2F)nn1Cc1cn2ccccc2n1. The van der Waals surface area contributed by atoms with Crippen LogP contribution >= 0.6 is 0 Å². The Labute approximate surface area is 136 Å². The molecule has 0 atom stereocenters. The third kappa shape index (κ3) is 2.58. The van der Waals surface area contributed by atoms with Crippen LogP contribution in [0.2, 0.25) is 0 Å². The van der Waals surface area contributed by atoms with Gasteiger partial charge in [0.1, 0.15) is 11.5 Å². The van der Waals surface area contributed by atoms with Crippen molar-refractivity contribution < 1.29 is 4.39 Å². The lowest BCUT2D eigenvalue weighted by molar-refractivity contribution is 0.617. The maximum Gasteiger partial charge on any atom is 0.267 e. The Bertz CT molecular complexity index is 1050. The van der Waals surface area contributed by atoms with E-state index in [1.807, 2.05) is 35.0 Å². The second-order valence-corrected chi connectivity index (χ2v) is 5.39. The van der Waals surface area contributed by atoms with Crippen molar-refractivity contribution in [3.63, 3.8) is 0 Å². The van der Waals surface area contributed by atoms with Crippen LogP contribution in [0.3, 0.4) is 0 Å². The van der Waals surface area contributed by atoms with E-state index in [4.69, 9.17) is 0 Å². The van der Waals surface area contributed by atoms with Crippen LogP contribution in [0.5, 0.6) is 0 Å². The number of hydrogen-bond donors (Lipinski definition) is 0. The van der Waals surface area contributed by atoms with Crippen LogP contribution in [0, 0.1) is 5.82 Å². The molecule has 24 heavy (non-hydrogen) atoms. The lowest BCUT2D eigenvalue weighted by atomic mass is 10.1. The fourth-order valence-electron chi connectivity index (χ4n) is 2.59. The van der Waals surface area contributed by atoms with Crippen molar-refractivity contribution in [3.05, 3.63) is 88.9 Å². The molecule has 0 unspecified atom stereocenters. The van der Waals surface area contributed by atoms with Gasteiger partial charge in [0.25, 0.3) is 5.56 Å². The molecule has 0 saturated carbocycles. The molecule has 0 radical (unpaired) electrons. The van der Waals surface area contributed by atoms with Crippen LogP contribution in [0.1, 0.15) is 5.69 Å². The first-order valence-corrected chi connectivity index (χ1v) is 7.46. The highest BCUT2D eigenvalue weighted by atomic mass is 19.1. The van der Waals surface area contributed by atoms with Gasteiger partial charge < -0.3 is 4.40 Å². The van der Waals surface area contributed by atoms with E-state index in [0.717, 1.165) is 5.65 Å². The normalized spacial score (nSPS) is 11.0. The third-order valence-electron chi connectivity index (χ3n) is 3.74. The molecule has 3 heterocycles. The van der Waals surface area contributed by atoms with Crippen molar-refractivity contribution in [3.8, 4) is 11.3 Å². The average Bonchev–Trinajstić information content (AvgIpc) is 3.00. The standard InChI is InChI=1S/C18H13FN4O/c19-15-6-2-1-5-14(15)16-8-9-18(24)23(21-16)12-13-11-22-10-4-3-7-17(22)20-13/h1-11H,12H2. The van der Waals surface area contributed by atoms with Gasteiger partial charge in [-0.1, -0.05) is 18.2 Å². The molecule has 0 N–H and O–H groups in total. The fourth-order valence-corrected chi connectivity index (χ4v) is 2.59. The number of benzene rings is 1. The first kappa shape index (κ1) is 14.3. The summed E-state index contributed by atoms with van der Waals surface area (Å²) in [5.41, 5.74) is 2.03. The van der Waals surface area contributed by atoms with Gasteiger partial charge in [-0.3, -0.25) is 4.79 Å².